The van der Waals surface area contributed by atoms with Crippen LogP contribution in [-0.2, 0) is 28.6 Å². The van der Waals surface area contributed by atoms with Crippen molar-refractivity contribution < 1.29 is 28.6 Å². The molecule has 0 heterocycles. The van der Waals surface area contributed by atoms with E-state index in [1.807, 2.05) is 12.2 Å². The van der Waals surface area contributed by atoms with Gasteiger partial charge in [-0.05, 0) is 128 Å². The average molecular weight is 935 g/mol. The standard InChI is InChI=1S/C62H94O6/c1-4-7-10-13-16-19-22-25-28-30-31-33-34-37-40-43-46-49-52-55-61(64)67-58-59(57-66-60(63)54-51-48-45-42-39-36-27-24-21-18-15-12-9-6-3)68-62(65)56-53-50-47-44-41-38-35-32-29-26-23-20-17-14-11-8-5-2/h7,9-10,12,16-21,25-29,31,33,35-38,40,44,46-47,49,59H,4-6,8,11,13-15,22-24,30,32,34,39,41-43,45,48,50-58H2,1-3H3/b10-7-,12-9-,19-16-,20-17-,21-18-,28-25-,29-26-,33-31-,36-27-,38-35-,40-37-,47-44-,49-46-. The monoisotopic (exact) mass is 935 g/mol. The Morgan fingerprint density at radius 3 is 1.01 bits per heavy atom. The quantitative estimate of drug-likeness (QED) is 0.0262. The minimum atomic E-state index is -0.854. The molecule has 0 aliphatic rings. The first kappa shape index (κ1) is 63.0. The number of carbonyl (C=O) groups is 3. The minimum absolute atomic E-state index is 0.143. The van der Waals surface area contributed by atoms with Crippen molar-refractivity contribution in [2.45, 2.75) is 200 Å². The largest absolute Gasteiger partial charge is 0.462 e. The van der Waals surface area contributed by atoms with E-state index in [0.29, 0.717) is 19.3 Å². The van der Waals surface area contributed by atoms with Gasteiger partial charge in [-0.3, -0.25) is 14.4 Å². The SMILES string of the molecule is CC/C=C\C/C=C\C/C=C\C/C=C\C/C=C\C/C=C\CCC(=O)OCC(COC(=O)CCCCCC/C=C\C/C=C\C/C=C\CC)OC(=O)CCC/C=C\C/C=C\C/C=C\C/C=C\CCCCC. The molecule has 68 heavy (non-hydrogen) atoms. The van der Waals surface area contributed by atoms with E-state index in [4.69, 9.17) is 14.2 Å². The number of unbranched alkanes of at least 4 members (excludes halogenated alkanes) is 8. The summed E-state index contributed by atoms with van der Waals surface area (Å²) in [5.74, 6) is -1.12. The first-order valence-corrected chi connectivity index (χ1v) is 26.5. The Morgan fingerprint density at radius 2 is 0.618 bits per heavy atom. The molecule has 0 aromatic rings. The molecule has 0 saturated heterocycles. The van der Waals surface area contributed by atoms with Crippen LogP contribution in [0.3, 0.4) is 0 Å². The zero-order valence-electron chi connectivity index (χ0n) is 43.0. The normalized spacial score (nSPS) is 13.4. The summed E-state index contributed by atoms with van der Waals surface area (Å²) < 4.78 is 16.7. The Hall–Kier alpha value is -4.97. The van der Waals surface area contributed by atoms with Crippen LogP contribution in [0.15, 0.2) is 158 Å². The van der Waals surface area contributed by atoms with Crippen molar-refractivity contribution >= 4 is 17.9 Å². The van der Waals surface area contributed by atoms with Gasteiger partial charge in [-0.1, -0.05) is 204 Å². The number of rotatable bonds is 45. The minimum Gasteiger partial charge on any atom is -0.462 e. The molecular weight excluding hydrogens is 841 g/mol. The number of ether oxygens (including phenoxy) is 3. The maximum absolute atomic E-state index is 12.8. The zero-order chi connectivity index (χ0) is 49.3. The predicted octanol–water partition coefficient (Wildman–Crippen LogP) is 17.8. The lowest BCUT2D eigenvalue weighted by Gasteiger charge is -2.18. The van der Waals surface area contributed by atoms with Crippen LogP contribution in [-0.4, -0.2) is 37.2 Å². The molecular formula is C62H94O6. The van der Waals surface area contributed by atoms with Gasteiger partial charge >= 0.3 is 17.9 Å². The second-order valence-electron chi connectivity index (χ2n) is 16.7. The topological polar surface area (TPSA) is 78.9 Å². The lowest BCUT2D eigenvalue weighted by molar-refractivity contribution is -0.166. The molecule has 1 unspecified atom stereocenters. The van der Waals surface area contributed by atoms with Crippen LogP contribution in [0.1, 0.15) is 194 Å². The fourth-order valence-electron chi connectivity index (χ4n) is 6.35. The van der Waals surface area contributed by atoms with Gasteiger partial charge in [0.15, 0.2) is 6.10 Å². The van der Waals surface area contributed by atoms with Crippen LogP contribution in [0.25, 0.3) is 0 Å². The highest BCUT2D eigenvalue weighted by atomic mass is 16.6. The summed E-state index contributed by atoms with van der Waals surface area (Å²) >= 11 is 0. The fourth-order valence-corrected chi connectivity index (χ4v) is 6.35. The first-order valence-electron chi connectivity index (χ1n) is 26.5. The van der Waals surface area contributed by atoms with E-state index in [9.17, 15) is 14.4 Å². The first-order chi connectivity index (χ1) is 33.5. The average Bonchev–Trinajstić information content (AvgIpc) is 3.34. The number of hydrogen-bond acceptors (Lipinski definition) is 6. The molecule has 0 aromatic carbocycles. The molecule has 6 nitrogen and oxygen atoms in total. The molecule has 0 radical (unpaired) electrons. The summed E-state index contributed by atoms with van der Waals surface area (Å²) in [4.78, 5) is 38.0. The molecule has 6 heteroatoms. The van der Waals surface area contributed by atoms with E-state index < -0.39 is 12.1 Å². The third-order valence-electron chi connectivity index (χ3n) is 10.3. The number of carbonyl (C=O) groups excluding carboxylic acids is 3. The van der Waals surface area contributed by atoms with Gasteiger partial charge in [-0.15, -0.1) is 0 Å². The van der Waals surface area contributed by atoms with E-state index in [1.165, 1.54) is 25.7 Å². The van der Waals surface area contributed by atoms with Crippen molar-refractivity contribution in [3.05, 3.63) is 158 Å². The van der Waals surface area contributed by atoms with Crippen LogP contribution in [0, 0.1) is 0 Å². The van der Waals surface area contributed by atoms with Crippen LogP contribution < -0.4 is 0 Å². The van der Waals surface area contributed by atoms with E-state index >= 15 is 0 Å². The van der Waals surface area contributed by atoms with Gasteiger partial charge in [0.1, 0.15) is 13.2 Å². The summed E-state index contributed by atoms with van der Waals surface area (Å²) in [6.07, 6.45) is 79.6. The molecule has 378 valence electrons. The summed E-state index contributed by atoms with van der Waals surface area (Å²) in [6, 6.07) is 0. The Morgan fingerprint density at radius 1 is 0.309 bits per heavy atom. The Bertz CT molecular complexity index is 1590. The van der Waals surface area contributed by atoms with Gasteiger partial charge < -0.3 is 14.2 Å². The molecule has 0 N–H and O–H groups in total. The fraction of sp³-hybridized carbons (Fsp3) is 0.532. The molecule has 0 amide bonds. The number of allylic oxidation sites excluding steroid dienone is 26. The van der Waals surface area contributed by atoms with E-state index in [-0.39, 0.29) is 38.0 Å². The van der Waals surface area contributed by atoms with Crippen LogP contribution in [0.4, 0.5) is 0 Å². The van der Waals surface area contributed by atoms with Gasteiger partial charge in [-0.25, -0.2) is 0 Å². The number of hydrogen-bond donors (Lipinski definition) is 0. The predicted molar refractivity (Wildman–Crippen MR) is 292 cm³/mol. The maximum Gasteiger partial charge on any atom is 0.306 e. The van der Waals surface area contributed by atoms with Crippen LogP contribution >= 0.6 is 0 Å². The van der Waals surface area contributed by atoms with Gasteiger partial charge in [-0.2, -0.15) is 0 Å². The van der Waals surface area contributed by atoms with E-state index in [0.717, 1.165) is 116 Å². The summed E-state index contributed by atoms with van der Waals surface area (Å²) in [7, 11) is 0. The lowest BCUT2D eigenvalue weighted by atomic mass is 10.1. The van der Waals surface area contributed by atoms with E-state index in [2.05, 4.69) is 167 Å². The molecule has 0 aliphatic carbocycles. The van der Waals surface area contributed by atoms with Gasteiger partial charge in [0.05, 0.1) is 0 Å². The Balaban J connectivity index is 4.66. The van der Waals surface area contributed by atoms with Crippen molar-refractivity contribution in [1.82, 2.24) is 0 Å². The summed E-state index contributed by atoms with van der Waals surface area (Å²) in [6.45, 7) is 6.22. The zero-order valence-corrected chi connectivity index (χ0v) is 43.0. The Labute approximate surface area is 416 Å². The molecule has 1 atom stereocenters. The smallest absolute Gasteiger partial charge is 0.306 e. The van der Waals surface area contributed by atoms with Crippen molar-refractivity contribution in [3.63, 3.8) is 0 Å². The third kappa shape index (κ3) is 52.0. The third-order valence-corrected chi connectivity index (χ3v) is 10.3. The van der Waals surface area contributed by atoms with Crippen LogP contribution in [0.2, 0.25) is 0 Å². The highest BCUT2D eigenvalue weighted by Crippen LogP contribution is 2.10. The van der Waals surface area contributed by atoms with Crippen molar-refractivity contribution in [1.29, 1.82) is 0 Å². The molecule has 0 spiro atoms. The van der Waals surface area contributed by atoms with Crippen LogP contribution in [0.5, 0.6) is 0 Å². The highest BCUT2D eigenvalue weighted by Gasteiger charge is 2.19. The molecule has 0 aromatic heterocycles. The van der Waals surface area contributed by atoms with Crippen molar-refractivity contribution in [3.8, 4) is 0 Å². The van der Waals surface area contributed by atoms with Gasteiger partial charge in [0, 0.05) is 19.3 Å². The Kier molecular flexibility index (Phi) is 50.6. The van der Waals surface area contributed by atoms with Gasteiger partial charge in [0.25, 0.3) is 0 Å². The second kappa shape index (κ2) is 54.6. The molecule has 0 rings (SSSR count). The second-order valence-corrected chi connectivity index (χ2v) is 16.7. The summed E-state index contributed by atoms with van der Waals surface area (Å²) in [5.41, 5.74) is 0. The van der Waals surface area contributed by atoms with Crippen molar-refractivity contribution in [2.75, 3.05) is 13.2 Å². The van der Waals surface area contributed by atoms with Gasteiger partial charge in [0.2, 0.25) is 0 Å². The number of esters is 3. The molecule has 0 saturated carbocycles. The molecule has 0 aliphatic heterocycles. The lowest BCUT2D eigenvalue weighted by Crippen LogP contribution is -2.30. The maximum atomic E-state index is 12.8. The molecule has 0 fully saturated rings. The summed E-state index contributed by atoms with van der Waals surface area (Å²) in [5, 5.41) is 0. The molecule has 0 bridgehead atoms. The highest BCUT2D eigenvalue weighted by molar-refractivity contribution is 5.71. The van der Waals surface area contributed by atoms with Crippen molar-refractivity contribution in [2.24, 2.45) is 0 Å². The van der Waals surface area contributed by atoms with E-state index in [1.54, 1.807) is 0 Å².